The van der Waals surface area contributed by atoms with Crippen molar-refractivity contribution in [2.45, 2.75) is 0 Å². The van der Waals surface area contributed by atoms with E-state index < -0.39 is 0 Å². The van der Waals surface area contributed by atoms with Crippen molar-refractivity contribution in [2.75, 3.05) is 40.0 Å². The maximum atomic E-state index is 10.7. The molecule has 1 amide bonds. The molecule has 0 spiro atoms. The summed E-state index contributed by atoms with van der Waals surface area (Å²) in [7, 11) is 1.60. The highest BCUT2D eigenvalue weighted by Crippen LogP contribution is 1.75. The van der Waals surface area contributed by atoms with Crippen LogP contribution < -0.4 is 5.32 Å². The van der Waals surface area contributed by atoms with E-state index in [1.54, 1.807) is 7.11 Å². The third-order valence-corrected chi connectivity index (χ3v) is 1.22. The van der Waals surface area contributed by atoms with Gasteiger partial charge >= 0.3 is 0 Å². The number of amides is 1. The first-order chi connectivity index (χ1) is 6.31. The van der Waals surface area contributed by atoms with Gasteiger partial charge < -0.3 is 19.6 Å². The van der Waals surface area contributed by atoms with E-state index in [2.05, 4.69) is 10.2 Å². The van der Waals surface area contributed by atoms with Crippen LogP contribution in [0.3, 0.4) is 0 Å². The second-order valence-electron chi connectivity index (χ2n) is 2.27. The lowest BCUT2D eigenvalue weighted by molar-refractivity contribution is -0.119. The Hall–Kier alpha value is -1.12. The highest BCUT2D eigenvalue weighted by atomic mass is 16.5. The van der Waals surface area contributed by atoms with Gasteiger partial charge in [0.2, 0.25) is 0 Å². The first-order valence-electron chi connectivity index (χ1n) is 3.98. The summed E-state index contributed by atoms with van der Waals surface area (Å²) in [5.41, 5.74) is 0. The van der Waals surface area contributed by atoms with Crippen LogP contribution in [0.1, 0.15) is 0 Å². The predicted molar refractivity (Wildman–Crippen MR) is 47.2 cm³/mol. The minimum Gasteiger partial charge on any atom is -0.382 e. The molecule has 0 aliphatic heterocycles. The van der Waals surface area contributed by atoms with Crippen molar-refractivity contribution in [1.29, 1.82) is 0 Å². The fourth-order valence-corrected chi connectivity index (χ4v) is 0.635. The summed E-state index contributed by atoms with van der Waals surface area (Å²) < 4.78 is 9.84. The molecular weight excluding hydrogens is 172 g/mol. The molecule has 0 rings (SSSR count). The fraction of sp³-hybridized carbons (Fsp3) is 0.750. The molecule has 0 aromatic carbocycles. The Morgan fingerprint density at radius 2 is 2.23 bits per heavy atom. The average molecular weight is 186 g/mol. The van der Waals surface area contributed by atoms with Crippen molar-refractivity contribution < 1.29 is 14.3 Å². The number of rotatable bonds is 7. The van der Waals surface area contributed by atoms with Gasteiger partial charge in [-0.3, -0.25) is 4.79 Å². The second kappa shape index (κ2) is 8.97. The van der Waals surface area contributed by atoms with E-state index in [1.165, 1.54) is 0 Å². The van der Waals surface area contributed by atoms with Crippen molar-refractivity contribution in [3.05, 3.63) is 11.4 Å². The van der Waals surface area contributed by atoms with Gasteiger partial charge in [-0.1, -0.05) is 0 Å². The standard InChI is InChI=1S/C8H14N2O3/c1-9-7-8(11)10-3-4-13-6-5-12-2/h3-7H2,2H3,(H,10,11). The molecule has 0 unspecified atom stereocenters. The quantitative estimate of drug-likeness (QED) is 0.438. The number of carbonyl (C=O) groups is 1. The zero-order valence-corrected chi connectivity index (χ0v) is 7.71. The lowest BCUT2D eigenvalue weighted by atomic mass is 10.5. The summed E-state index contributed by atoms with van der Waals surface area (Å²) in [5, 5.41) is 2.54. The molecule has 0 aliphatic rings. The minimum atomic E-state index is -0.259. The van der Waals surface area contributed by atoms with Gasteiger partial charge in [-0.2, -0.15) is 0 Å². The summed E-state index contributed by atoms with van der Waals surface area (Å²) in [5.74, 6) is -0.259. The number of carbonyl (C=O) groups excluding carboxylic acids is 1. The predicted octanol–water partition coefficient (Wildman–Crippen LogP) is -0.315. The Bertz CT molecular complexity index is 177. The molecule has 0 saturated heterocycles. The van der Waals surface area contributed by atoms with E-state index in [1.807, 2.05) is 0 Å². The van der Waals surface area contributed by atoms with Crippen LogP contribution in [0.2, 0.25) is 0 Å². The number of hydrogen-bond acceptors (Lipinski definition) is 3. The van der Waals surface area contributed by atoms with Crippen LogP contribution in [0.15, 0.2) is 0 Å². The van der Waals surface area contributed by atoms with Crippen LogP contribution in [0.4, 0.5) is 0 Å². The Balaban J connectivity index is 3.08. The molecule has 5 heteroatoms. The molecule has 74 valence electrons. The monoisotopic (exact) mass is 186 g/mol. The normalized spacial score (nSPS) is 9.23. The van der Waals surface area contributed by atoms with Gasteiger partial charge in [0.1, 0.15) is 0 Å². The molecule has 0 heterocycles. The van der Waals surface area contributed by atoms with E-state index >= 15 is 0 Å². The first-order valence-corrected chi connectivity index (χ1v) is 3.98. The van der Waals surface area contributed by atoms with Crippen molar-refractivity contribution >= 4 is 5.91 Å². The largest absolute Gasteiger partial charge is 0.382 e. The Labute approximate surface area is 77.8 Å². The molecular formula is C8H14N2O3. The van der Waals surface area contributed by atoms with Crippen LogP contribution in [0.5, 0.6) is 0 Å². The van der Waals surface area contributed by atoms with Crippen molar-refractivity contribution in [1.82, 2.24) is 5.32 Å². The number of nitrogens with zero attached hydrogens (tertiary/aromatic N) is 1. The molecule has 13 heavy (non-hydrogen) atoms. The van der Waals surface area contributed by atoms with Crippen molar-refractivity contribution in [2.24, 2.45) is 0 Å². The molecule has 0 fully saturated rings. The number of nitrogens with one attached hydrogen (secondary N) is 1. The van der Waals surface area contributed by atoms with Gasteiger partial charge in [-0.05, 0) is 0 Å². The molecule has 0 saturated carbocycles. The summed E-state index contributed by atoms with van der Waals surface area (Å²) in [6, 6.07) is 0. The molecule has 5 nitrogen and oxygen atoms in total. The van der Waals surface area contributed by atoms with Gasteiger partial charge in [0.25, 0.3) is 12.5 Å². The third kappa shape index (κ3) is 8.79. The zero-order valence-electron chi connectivity index (χ0n) is 7.71. The summed E-state index contributed by atoms with van der Waals surface area (Å²) in [6.45, 7) is 8.28. The Kier molecular flexibility index (Phi) is 8.20. The number of ether oxygens (including phenoxy) is 2. The highest BCUT2D eigenvalue weighted by Gasteiger charge is 2.00. The number of hydrogen-bond donors (Lipinski definition) is 1. The number of methoxy groups -OCH3 is 1. The Morgan fingerprint density at radius 3 is 2.85 bits per heavy atom. The van der Waals surface area contributed by atoms with Crippen LogP contribution in [-0.2, 0) is 14.3 Å². The average Bonchev–Trinajstić information content (AvgIpc) is 2.11. The maximum Gasteiger partial charge on any atom is 0.300 e. The molecule has 0 bridgehead atoms. The van der Waals surface area contributed by atoms with Gasteiger partial charge in [-0.25, -0.2) is 6.57 Å². The van der Waals surface area contributed by atoms with E-state index in [-0.39, 0.29) is 12.5 Å². The molecule has 0 aromatic heterocycles. The first kappa shape index (κ1) is 11.9. The summed E-state index contributed by atoms with van der Waals surface area (Å²) in [4.78, 5) is 13.7. The van der Waals surface area contributed by atoms with Crippen molar-refractivity contribution in [3.63, 3.8) is 0 Å². The van der Waals surface area contributed by atoms with Crippen LogP contribution >= 0.6 is 0 Å². The second-order valence-corrected chi connectivity index (χ2v) is 2.27. The third-order valence-electron chi connectivity index (χ3n) is 1.22. The van der Waals surface area contributed by atoms with Gasteiger partial charge in [0.15, 0.2) is 0 Å². The minimum absolute atomic E-state index is 0.113. The van der Waals surface area contributed by atoms with Gasteiger partial charge in [-0.15, -0.1) is 0 Å². The van der Waals surface area contributed by atoms with E-state index in [0.717, 1.165) is 0 Å². The van der Waals surface area contributed by atoms with E-state index in [0.29, 0.717) is 26.4 Å². The smallest absolute Gasteiger partial charge is 0.300 e. The van der Waals surface area contributed by atoms with Gasteiger partial charge in [0.05, 0.1) is 19.8 Å². The molecule has 1 N–H and O–H groups in total. The van der Waals surface area contributed by atoms with E-state index in [9.17, 15) is 4.79 Å². The molecule has 0 aromatic rings. The lowest BCUT2D eigenvalue weighted by Gasteiger charge is -2.03. The fourth-order valence-electron chi connectivity index (χ4n) is 0.635. The van der Waals surface area contributed by atoms with Gasteiger partial charge in [0, 0.05) is 13.7 Å². The lowest BCUT2D eigenvalue weighted by Crippen LogP contribution is -2.28. The highest BCUT2D eigenvalue weighted by molar-refractivity contribution is 5.79. The van der Waals surface area contributed by atoms with Crippen LogP contribution in [0, 0.1) is 6.57 Å². The maximum absolute atomic E-state index is 10.7. The SMILES string of the molecule is [C-]#[N+]CC(=O)NCCOCCOC. The van der Waals surface area contributed by atoms with Crippen LogP contribution in [-0.4, -0.2) is 45.9 Å². The van der Waals surface area contributed by atoms with E-state index in [4.69, 9.17) is 16.0 Å². The molecule has 0 atom stereocenters. The molecule has 0 aliphatic carbocycles. The summed E-state index contributed by atoms with van der Waals surface area (Å²) in [6.07, 6.45) is 0. The van der Waals surface area contributed by atoms with Crippen LogP contribution in [0.25, 0.3) is 4.85 Å². The Morgan fingerprint density at radius 1 is 1.46 bits per heavy atom. The molecule has 0 radical (unpaired) electrons. The zero-order chi connectivity index (χ0) is 9.94. The summed E-state index contributed by atoms with van der Waals surface area (Å²) >= 11 is 0. The van der Waals surface area contributed by atoms with Crippen molar-refractivity contribution in [3.8, 4) is 0 Å². The topological polar surface area (TPSA) is 51.9 Å².